The molecule has 0 spiro atoms. The van der Waals surface area contributed by atoms with E-state index in [9.17, 15) is 4.79 Å². The number of hydrogen-bond acceptors (Lipinski definition) is 3. The second-order valence-corrected chi connectivity index (χ2v) is 4.26. The maximum Gasteiger partial charge on any atom is 0.236 e. The molecule has 0 fully saturated rings. The molecular weight excluding hydrogens is 214 g/mol. The van der Waals surface area contributed by atoms with Crippen LogP contribution in [0.25, 0.3) is 0 Å². The maximum absolute atomic E-state index is 11.8. The van der Waals surface area contributed by atoms with Crippen LogP contribution in [0.3, 0.4) is 0 Å². The summed E-state index contributed by atoms with van der Waals surface area (Å²) in [7, 11) is 1.80. The maximum atomic E-state index is 11.8. The molecule has 94 valence electrons. The van der Waals surface area contributed by atoms with E-state index in [1.54, 1.807) is 18.1 Å². The molecule has 17 heavy (non-hydrogen) atoms. The average Bonchev–Trinajstić information content (AvgIpc) is 2.36. The highest BCUT2D eigenvalue weighted by Crippen LogP contribution is 1.99. The fourth-order valence-corrected chi connectivity index (χ4v) is 1.36. The predicted molar refractivity (Wildman–Crippen MR) is 68.5 cm³/mol. The zero-order valence-corrected chi connectivity index (χ0v) is 10.8. The molecule has 1 N–H and O–H groups in total. The Morgan fingerprint density at radius 2 is 2.29 bits per heavy atom. The van der Waals surface area contributed by atoms with E-state index in [0.29, 0.717) is 19.1 Å². The molecule has 0 bridgehead atoms. The van der Waals surface area contributed by atoms with E-state index in [1.165, 1.54) is 0 Å². The topological polar surface area (TPSA) is 45.2 Å². The fourth-order valence-electron chi connectivity index (χ4n) is 1.36. The zero-order chi connectivity index (χ0) is 12.7. The summed E-state index contributed by atoms with van der Waals surface area (Å²) in [6.07, 6.45) is 2.77. The molecule has 1 aromatic heterocycles. The molecule has 0 aromatic carbocycles. The molecule has 1 amide bonds. The molecule has 0 aliphatic carbocycles. The second kappa shape index (κ2) is 7.01. The zero-order valence-electron chi connectivity index (χ0n) is 10.8. The standard InChI is InChI=1S/C13H21N3O/c1-4-11(2)15-9-13(17)16(3)10-12-7-5-6-8-14-12/h5-8,11,15H,4,9-10H2,1-3H3. The van der Waals surface area contributed by atoms with Crippen molar-refractivity contribution < 1.29 is 4.79 Å². The summed E-state index contributed by atoms with van der Waals surface area (Å²) < 4.78 is 0. The Morgan fingerprint density at radius 3 is 2.88 bits per heavy atom. The van der Waals surface area contributed by atoms with Gasteiger partial charge in [0.1, 0.15) is 0 Å². The number of amides is 1. The van der Waals surface area contributed by atoms with Gasteiger partial charge in [0.05, 0.1) is 18.8 Å². The number of pyridine rings is 1. The largest absolute Gasteiger partial charge is 0.339 e. The van der Waals surface area contributed by atoms with Crippen molar-refractivity contribution in [1.82, 2.24) is 15.2 Å². The molecular formula is C13H21N3O. The van der Waals surface area contributed by atoms with Crippen molar-refractivity contribution in [3.05, 3.63) is 30.1 Å². The van der Waals surface area contributed by atoms with E-state index in [1.807, 2.05) is 18.2 Å². The van der Waals surface area contributed by atoms with E-state index in [2.05, 4.69) is 24.1 Å². The van der Waals surface area contributed by atoms with Crippen molar-refractivity contribution >= 4 is 5.91 Å². The lowest BCUT2D eigenvalue weighted by Gasteiger charge is -2.18. The SMILES string of the molecule is CCC(C)NCC(=O)N(C)Cc1ccccn1. The molecule has 1 heterocycles. The number of aromatic nitrogens is 1. The molecule has 4 nitrogen and oxygen atoms in total. The van der Waals surface area contributed by atoms with Gasteiger partial charge in [-0.05, 0) is 25.5 Å². The summed E-state index contributed by atoms with van der Waals surface area (Å²) in [5, 5.41) is 3.19. The first kappa shape index (κ1) is 13.6. The van der Waals surface area contributed by atoms with Crippen LogP contribution < -0.4 is 5.32 Å². The van der Waals surface area contributed by atoms with Crippen LogP contribution in [-0.2, 0) is 11.3 Å². The van der Waals surface area contributed by atoms with Crippen molar-refractivity contribution in [3.63, 3.8) is 0 Å². The second-order valence-electron chi connectivity index (χ2n) is 4.26. The monoisotopic (exact) mass is 235 g/mol. The summed E-state index contributed by atoms with van der Waals surface area (Å²) in [5.41, 5.74) is 0.909. The fraction of sp³-hybridized carbons (Fsp3) is 0.538. The van der Waals surface area contributed by atoms with Crippen LogP contribution in [0.2, 0.25) is 0 Å². The van der Waals surface area contributed by atoms with Crippen molar-refractivity contribution in [2.24, 2.45) is 0 Å². The molecule has 0 aliphatic rings. The Bertz CT molecular complexity index is 340. The van der Waals surface area contributed by atoms with Crippen LogP contribution in [0.15, 0.2) is 24.4 Å². The van der Waals surface area contributed by atoms with Gasteiger partial charge in [0.2, 0.25) is 5.91 Å². The van der Waals surface area contributed by atoms with E-state index >= 15 is 0 Å². The first-order valence-electron chi connectivity index (χ1n) is 6.00. The van der Waals surface area contributed by atoms with Crippen molar-refractivity contribution in [2.45, 2.75) is 32.9 Å². The summed E-state index contributed by atoms with van der Waals surface area (Å²) in [6.45, 7) is 5.12. The van der Waals surface area contributed by atoms with Gasteiger partial charge in [-0.25, -0.2) is 0 Å². The van der Waals surface area contributed by atoms with Gasteiger partial charge in [0.25, 0.3) is 0 Å². The smallest absolute Gasteiger partial charge is 0.236 e. The Balaban J connectivity index is 2.37. The summed E-state index contributed by atoms with van der Waals surface area (Å²) in [4.78, 5) is 17.7. The number of carbonyl (C=O) groups is 1. The molecule has 0 aliphatic heterocycles. The molecule has 1 aromatic rings. The first-order valence-corrected chi connectivity index (χ1v) is 6.00. The van der Waals surface area contributed by atoms with Gasteiger partial charge in [0, 0.05) is 19.3 Å². The Kier molecular flexibility index (Phi) is 5.63. The van der Waals surface area contributed by atoms with Crippen molar-refractivity contribution in [3.8, 4) is 0 Å². The first-order chi connectivity index (χ1) is 8.13. The van der Waals surface area contributed by atoms with Crippen LogP contribution in [0.5, 0.6) is 0 Å². The van der Waals surface area contributed by atoms with Crippen LogP contribution in [-0.4, -0.2) is 35.4 Å². The van der Waals surface area contributed by atoms with Gasteiger partial charge in [-0.1, -0.05) is 13.0 Å². The van der Waals surface area contributed by atoms with Gasteiger partial charge in [-0.3, -0.25) is 9.78 Å². The number of nitrogens with zero attached hydrogens (tertiary/aromatic N) is 2. The number of carbonyl (C=O) groups excluding carboxylic acids is 1. The quantitative estimate of drug-likeness (QED) is 0.811. The number of hydrogen-bond donors (Lipinski definition) is 1. The minimum Gasteiger partial charge on any atom is -0.339 e. The summed E-state index contributed by atoms with van der Waals surface area (Å²) in [5.74, 6) is 0.0935. The van der Waals surface area contributed by atoms with Gasteiger partial charge in [-0.15, -0.1) is 0 Å². The lowest BCUT2D eigenvalue weighted by molar-refractivity contribution is -0.129. The third-order valence-corrected chi connectivity index (χ3v) is 2.77. The molecule has 0 saturated carbocycles. The van der Waals surface area contributed by atoms with Gasteiger partial charge >= 0.3 is 0 Å². The minimum atomic E-state index is 0.0935. The lowest BCUT2D eigenvalue weighted by atomic mass is 10.2. The van der Waals surface area contributed by atoms with Gasteiger partial charge < -0.3 is 10.2 Å². The van der Waals surface area contributed by atoms with E-state index in [4.69, 9.17) is 0 Å². The molecule has 1 unspecified atom stereocenters. The van der Waals surface area contributed by atoms with Crippen LogP contribution >= 0.6 is 0 Å². The average molecular weight is 235 g/mol. The highest BCUT2D eigenvalue weighted by molar-refractivity contribution is 5.77. The molecule has 4 heteroatoms. The van der Waals surface area contributed by atoms with E-state index in [0.717, 1.165) is 12.1 Å². The van der Waals surface area contributed by atoms with Gasteiger partial charge in [-0.2, -0.15) is 0 Å². The number of likely N-dealkylation sites (N-methyl/N-ethyl adjacent to an activating group) is 1. The van der Waals surface area contributed by atoms with Crippen molar-refractivity contribution in [2.75, 3.05) is 13.6 Å². The minimum absolute atomic E-state index is 0.0935. The Hall–Kier alpha value is -1.42. The highest BCUT2D eigenvalue weighted by atomic mass is 16.2. The number of nitrogens with one attached hydrogen (secondary N) is 1. The third-order valence-electron chi connectivity index (χ3n) is 2.77. The molecule has 0 radical (unpaired) electrons. The Labute approximate surface area is 103 Å². The summed E-state index contributed by atoms with van der Waals surface area (Å²) in [6, 6.07) is 6.10. The van der Waals surface area contributed by atoms with Crippen LogP contribution in [0.1, 0.15) is 26.0 Å². The summed E-state index contributed by atoms with van der Waals surface area (Å²) >= 11 is 0. The molecule has 1 atom stereocenters. The third kappa shape index (κ3) is 4.95. The predicted octanol–water partition coefficient (Wildman–Crippen LogP) is 1.43. The lowest BCUT2D eigenvalue weighted by Crippen LogP contribution is -2.38. The molecule has 0 saturated heterocycles. The highest BCUT2D eigenvalue weighted by Gasteiger charge is 2.10. The molecule has 1 rings (SSSR count). The van der Waals surface area contributed by atoms with Crippen LogP contribution in [0, 0.1) is 0 Å². The normalized spacial score (nSPS) is 12.2. The van der Waals surface area contributed by atoms with Gasteiger partial charge in [0.15, 0.2) is 0 Å². The number of rotatable bonds is 6. The van der Waals surface area contributed by atoms with Crippen LogP contribution in [0.4, 0.5) is 0 Å². The van der Waals surface area contributed by atoms with E-state index < -0.39 is 0 Å². The van der Waals surface area contributed by atoms with E-state index in [-0.39, 0.29) is 5.91 Å². The van der Waals surface area contributed by atoms with Crippen molar-refractivity contribution in [1.29, 1.82) is 0 Å². The Morgan fingerprint density at radius 1 is 1.53 bits per heavy atom.